The van der Waals surface area contributed by atoms with Crippen LogP contribution in [0.1, 0.15) is 32.6 Å². The molecule has 1 heterocycles. The van der Waals surface area contributed by atoms with Gasteiger partial charge in [0.1, 0.15) is 12.1 Å². The lowest BCUT2D eigenvalue weighted by Crippen LogP contribution is -2.54. The molecule has 1 aromatic rings. The maximum Gasteiger partial charge on any atom is 0.325 e. The van der Waals surface area contributed by atoms with Gasteiger partial charge in [-0.15, -0.1) is 0 Å². The van der Waals surface area contributed by atoms with Crippen molar-refractivity contribution in [2.75, 3.05) is 31.6 Å². The van der Waals surface area contributed by atoms with Crippen LogP contribution in [0.4, 0.5) is 10.5 Å². The van der Waals surface area contributed by atoms with E-state index in [-0.39, 0.29) is 24.3 Å². The molecule has 2 fully saturated rings. The maximum absolute atomic E-state index is 12.9. The largest absolute Gasteiger partial charge is 0.373 e. The summed E-state index contributed by atoms with van der Waals surface area (Å²) in [4.78, 5) is 40.5. The lowest BCUT2D eigenvalue weighted by molar-refractivity contribution is -0.137. The molecule has 3 rings (SSSR count). The van der Waals surface area contributed by atoms with Crippen LogP contribution in [-0.4, -0.2) is 55.0 Å². The molecule has 1 spiro atoms. The number of urea groups is 1. The van der Waals surface area contributed by atoms with Gasteiger partial charge in [0.25, 0.3) is 5.91 Å². The van der Waals surface area contributed by atoms with Gasteiger partial charge in [-0.3, -0.25) is 14.5 Å². The molecule has 7 heteroatoms. The summed E-state index contributed by atoms with van der Waals surface area (Å²) in [7, 11) is 1.95. The first-order valence-electron chi connectivity index (χ1n) is 9.61. The van der Waals surface area contributed by atoms with Crippen LogP contribution in [0, 0.1) is 5.92 Å². The Hall–Kier alpha value is -2.57. The quantitative estimate of drug-likeness (QED) is 0.746. The molecular weight excluding hydrogens is 344 g/mol. The molecule has 1 aliphatic carbocycles. The van der Waals surface area contributed by atoms with Crippen molar-refractivity contribution in [2.24, 2.45) is 5.92 Å². The maximum atomic E-state index is 12.9. The molecule has 1 aliphatic heterocycles. The Bertz CT molecular complexity index is 708. The number of likely N-dealkylation sites (N-methyl/N-ethyl adjacent to an activating group) is 1. The molecule has 4 amide bonds. The Morgan fingerprint density at radius 3 is 2.74 bits per heavy atom. The summed E-state index contributed by atoms with van der Waals surface area (Å²) in [5.41, 5.74) is 0.248. The van der Waals surface area contributed by atoms with E-state index >= 15 is 0 Å². The summed E-state index contributed by atoms with van der Waals surface area (Å²) < 4.78 is 0. The lowest BCUT2D eigenvalue weighted by atomic mass is 9.73. The topological polar surface area (TPSA) is 81.8 Å². The predicted molar refractivity (Wildman–Crippen MR) is 103 cm³/mol. The van der Waals surface area contributed by atoms with E-state index in [1.807, 2.05) is 49.2 Å². The van der Waals surface area contributed by atoms with Crippen LogP contribution in [0.5, 0.6) is 0 Å². The van der Waals surface area contributed by atoms with Gasteiger partial charge in [-0.25, -0.2) is 4.79 Å². The third kappa shape index (κ3) is 3.91. The number of benzene rings is 1. The van der Waals surface area contributed by atoms with Gasteiger partial charge in [-0.05, 0) is 30.9 Å². The zero-order valence-corrected chi connectivity index (χ0v) is 16.0. The molecule has 1 saturated carbocycles. The van der Waals surface area contributed by atoms with Crippen molar-refractivity contribution in [3.8, 4) is 0 Å². The number of amides is 4. The molecule has 0 aromatic heterocycles. The summed E-state index contributed by atoms with van der Waals surface area (Å²) in [6.07, 6.45) is 3.56. The van der Waals surface area contributed by atoms with E-state index in [1.165, 1.54) is 0 Å². The molecule has 0 radical (unpaired) electrons. The third-order valence-corrected chi connectivity index (χ3v) is 5.77. The number of carbonyl (C=O) groups is 3. The average molecular weight is 372 g/mol. The van der Waals surface area contributed by atoms with Gasteiger partial charge in [0.15, 0.2) is 0 Å². The van der Waals surface area contributed by atoms with E-state index in [9.17, 15) is 14.4 Å². The van der Waals surface area contributed by atoms with Gasteiger partial charge in [0, 0.05) is 25.8 Å². The van der Waals surface area contributed by atoms with E-state index < -0.39 is 11.6 Å². The zero-order chi connectivity index (χ0) is 19.4. The highest BCUT2D eigenvalue weighted by molar-refractivity contribution is 6.09. The van der Waals surface area contributed by atoms with E-state index in [0.29, 0.717) is 19.5 Å². The minimum absolute atomic E-state index is 0.0929. The first-order valence-corrected chi connectivity index (χ1v) is 9.61. The van der Waals surface area contributed by atoms with E-state index in [4.69, 9.17) is 0 Å². The molecule has 0 bridgehead atoms. The minimum atomic E-state index is -0.816. The third-order valence-electron chi connectivity index (χ3n) is 5.77. The molecule has 146 valence electrons. The number of hydrogen-bond acceptors (Lipinski definition) is 4. The van der Waals surface area contributed by atoms with Crippen molar-refractivity contribution in [1.82, 2.24) is 15.5 Å². The second kappa shape index (κ2) is 7.98. The Balaban J connectivity index is 1.50. The van der Waals surface area contributed by atoms with Gasteiger partial charge < -0.3 is 15.5 Å². The van der Waals surface area contributed by atoms with Crippen LogP contribution >= 0.6 is 0 Å². The second-order valence-corrected chi connectivity index (χ2v) is 7.55. The molecule has 2 N–H and O–H groups in total. The number of hydrogen-bond donors (Lipinski definition) is 2. The number of imide groups is 1. The van der Waals surface area contributed by atoms with Crippen LogP contribution in [0.3, 0.4) is 0 Å². The molecule has 27 heavy (non-hydrogen) atoms. The minimum Gasteiger partial charge on any atom is -0.373 e. The Labute approximate surface area is 160 Å². The van der Waals surface area contributed by atoms with Crippen molar-refractivity contribution < 1.29 is 14.4 Å². The van der Waals surface area contributed by atoms with Crippen molar-refractivity contribution in [1.29, 1.82) is 0 Å². The summed E-state index contributed by atoms with van der Waals surface area (Å²) in [5, 5.41) is 5.67. The van der Waals surface area contributed by atoms with Crippen LogP contribution in [0.2, 0.25) is 0 Å². The van der Waals surface area contributed by atoms with Crippen LogP contribution in [-0.2, 0) is 9.59 Å². The van der Waals surface area contributed by atoms with E-state index in [1.54, 1.807) is 0 Å². The van der Waals surface area contributed by atoms with E-state index in [0.717, 1.165) is 29.8 Å². The predicted octanol–water partition coefficient (Wildman–Crippen LogP) is 1.74. The Kier molecular flexibility index (Phi) is 5.68. The number of anilines is 1. The van der Waals surface area contributed by atoms with Crippen LogP contribution in [0.15, 0.2) is 30.3 Å². The van der Waals surface area contributed by atoms with Crippen molar-refractivity contribution in [3.05, 3.63) is 30.3 Å². The first kappa shape index (κ1) is 19.2. The zero-order valence-electron chi connectivity index (χ0n) is 16.0. The number of nitrogens with one attached hydrogen (secondary N) is 2. The standard InChI is InChI=1S/C20H28N4O3/c1-15-8-6-7-11-20(15)18(26)24(19(27)22-20)14-17(25)21-12-13-23(2)16-9-4-3-5-10-16/h3-5,9-10,15H,6-8,11-14H2,1-2H3,(H,21,25)(H,22,27). The highest BCUT2D eigenvalue weighted by Gasteiger charge is 2.55. The Morgan fingerprint density at radius 2 is 2.04 bits per heavy atom. The number of rotatable bonds is 6. The summed E-state index contributed by atoms with van der Waals surface area (Å²) >= 11 is 0. The van der Waals surface area contributed by atoms with Crippen molar-refractivity contribution >= 4 is 23.5 Å². The Morgan fingerprint density at radius 1 is 1.30 bits per heavy atom. The van der Waals surface area contributed by atoms with E-state index in [2.05, 4.69) is 10.6 Å². The molecule has 2 aliphatic rings. The number of nitrogens with zero attached hydrogens (tertiary/aromatic N) is 2. The fraction of sp³-hybridized carbons (Fsp3) is 0.550. The second-order valence-electron chi connectivity index (χ2n) is 7.55. The lowest BCUT2D eigenvalue weighted by Gasteiger charge is -2.36. The molecule has 7 nitrogen and oxygen atoms in total. The normalized spacial score (nSPS) is 24.8. The van der Waals surface area contributed by atoms with Crippen molar-refractivity contribution in [3.63, 3.8) is 0 Å². The fourth-order valence-corrected chi connectivity index (χ4v) is 4.01. The van der Waals surface area contributed by atoms with Crippen LogP contribution < -0.4 is 15.5 Å². The summed E-state index contributed by atoms with van der Waals surface area (Å²) in [6, 6.07) is 9.43. The van der Waals surface area contributed by atoms with Gasteiger partial charge >= 0.3 is 6.03 Å². The highest BCUT2D eigenvalue weighted by Crippen LogP contribution is 2.38. The summed E-state index contributed by atoms with van der Waals surface area (Å²) in [5.74, 6) is -0.480. The summed E-state index contributed by atoms with van der Waals surface area (Å²) in [6.45, 7) is 2.85. The first-order chi connectivity index (χ1) is 12.9. The van der Waals surface area contributed by atoms with Gasteiger partial charge in [0.05, 0.1) is 0 Å². The highest BCUT2D eigenvalue weighted by atomic mass is 16.2. The van der Waals surface area contributed by atoms with Gasteiger partial charge in [-0.2, -0.15) is 0 Å². The molecule has 2 atom stereocenters. The molecular formula is C20H28N4O3. The number of para-hydroxylation sites is 1. The number of carbonyl (C=O) groups excluding carboxylic acids is 3. The monoisotopic (exact) mass is 372 g/mol. The van der Waals surface area contributed by atoms with Gasteiger partial charge in [-0.1, -0.05) is 38.0 Å². The van der Waals surface area contributed by atoms with Crippen molar-refractivity contribution in [2.45, 2.75) is 38.1 Å². The molecule has 2 unspecified atom stereocenters. The smallest absolute Gasteiger partial charge is 0.325 e. The molecule has 1 aromatic carbocycles. The fourth-order valence-electron chi connectivity index (χ4n) is 4.01. The van der Waals surface area contributed by atoms with Gasteiger partial charge in [0.2, 0.25) is 5.91 Å². The van der Waals surface area contributed by atoms with Crippen LogP contribution in [0.25, 0.3) is 0 Å². The SMILES string of the molecule is CC1CCCCC12NC(=O)N(CC(=O)NCCN(C)c1ccccc1)C2=O. The molecule has 1 saturated heterocycles. The average Bonchev–Trinajstić information content (AvgIpc) is 2.90.